The number of amides is 2. The molecule has 0 saturated carbocycles. The SMILES string of the molecule is CC(C)COc1ccc(C2=C(O)C(=O)N(CCc3c[nH]c4ccccc34)C2=O)cc1. The number of aromatic amines is 1. The first kappa shape index (κ1) is 19.8. The van der Waals surface area contributed by atoms with Crippen molar-refractivity contribution < 1.29 is 19.4 Å². The zero-order valence-corrected chi connectivity index (χ0v) is 17.0. The molecule has 2 heterocycles. The molecule has 0 fully saturated rings. The van der Waals surface area contributed by atoms with Gasteiger partial charge in [-0.25, -0.2) is 0 Å². The molecule has 154 valence electrons. The van der Waals surface area contributed by atoms with Crippen LogP contribution in [-0.4, -0.2) is 40.0 Å². The van der Waals surface area contributed by atoms with Crippen LogP contribution < -0.4 is 4.74 Å². The van der Waals surface area contributed by atoms with Crippen LogP contribution in [-0.2, 0) is 16.0 Å². The molecule has 2 N–H and O–H groups in total. The Morgan fingerprint density at radius 1 is 1.03 bits per heavy atom. The highest BCUT2D eigenvalue weighted by molar-refractivity contribution is 6.34. The molecule has 6 heteroatoms. The number of carbonyl (C=O) groups is 2. The molecule has 6 nitrogen and oxygen atoms in total. The van der Waals surface area contributed by atoms with E-state index >= 15 is 0 Å². The van der Waals surface area contributed by atoms with Crippen molar-refractivity contribution >= 4 is 28.3 Å². The molecular formula is C24H24N2O4. The predicted molar refractivity (Wildman–Crippen MR) is 115 cm³/mol. The van der Waals surface area contributed by atoms with Crippen LogP contribution >= 0.6 is 0 Å². The van der Waals surface area contributed by atoms with Crippen molar-refractivity contribution in [3.05, 3.63) is 71.6 Å². The monoisotopic (exact) mass is 404 g/mol. The summed E-state index contributed by atoms with van der Waals surface area (Å²) in [5, 5.41) is 11.4. The number of nitrogens with zero attached hydrogens (tertiary/aromatic N) is 1. The minimum atomic E-state index is -0.657. The number of carbonyl (C=O) groups excluding carboxylic acids is 2. The van der Waals surface area contributed by atoms with Gasteiger partial charge in [0.1, 0.15) is 5.75 Å². The van der Waals surface area contributed by atoms with Crippen LogP contribution in [0.5, 0.6) is 5.75 Å². The average Bonchev–Trinajstić information content (AvgIpc) is 3.24. The van der Waals surface area contributed by atoms with Crippen molar-refractivity contribution in [2.45, 2.75) is 20.3 Å². The summed E-state index contributed by atoms with van der Waals surface area (Å²) in [6, 6.07) is 14.7. The third kappa shape index (κ3) is 3.68. The smallest absolute Gasteiger partial charge is 0.296 e. The summed E-state index contributed by atoms with van der Waals surface area (Å²) in [5.41, 5.74) is 2.56. The number of nitrogens with one attached hydrogen (secondary N) is 1. The van der Waals surface area contributed by atoms with Gasteiger partial charge in [-0.05, 0) is 41.7 Å². The molecule has 0 spiro atoms. The largest absolute Gasteiger partial charge is 0.502 e. The lowest BCUT2D eigenvalue weighted by molar-refractivity contribution is -0.138. The van der Waals surface area contributed by atoms with Crippen LogP contribution in [0.4, 0.5) is 0 Å². The maximum absolute atomic E-state index is 12.9. The Labute approximate surface area is 174 Å². The molecule has 0 radical (unpaired) electrons. The highest BCUT2D eigenvalue weighted by atomic mass is 16.5. The number of para-hydroxylation sites is 1. The Kier molecular flexibility index (Phi) is 5.31. The third-order valence-electron chi connectivity index (χ3n) is 5.15. The van der Waals surface area contributed by atoms with E-state index in [9.17, 15) is 14.7 Å². The first-order chi connectivity index (χ1) is 14.5. The number of ether oxygens (including phenoxy) is 1. The number of H-pyrrole nitrogens is 1. The highest BCUT2D eigenvalue weighted by Gasteiger charge is 2.38. The fraction of sp³-hybridized carbons (Fsp3) is 0.250. The van der Waals surface area contributed by atoms with Crippen LogP contribution in [0.1, 0.15) is 25.0 Å². The lowest BCUT2D eigenvalue weighted by Crippen LogP contribution is -2.33. The molecule has 2 aromatic carbocycles. The van der Waals surface area contributed by atoms with E-state index in [-0.39, 0.29) is 12.1 Å². The first-order valence-electron chi connectivity index (χ1n) is 10.0. The summed E-state index contributed by atoms with van der Waals surface area (Å²) in [6.07, 6.45) is 2.39. The van der Waals surface area contributed by atoms with Crippen LogP contribution in [0, 0.1) is 5.92 Å². The number of benzene rings is 2. The number of aromatic nitrogens is 1. The number of hydrogen-bond acceptors (Lipinski definition) is 4. The second-order valence-electron chi connectivity index (χ2n) is 7.82. The van der Waals surface area contributed by atoms with Gasteiger partial charge in [0, 0.05) is 23.6 Å². The molecular weight excluding hydrogens is 380 g/mol. The number of aliphatic hydroxyl groups is 1. The van der Waals surface area contributed by atoms with E-state index in [1.54, 1.807) is 24.3 Å². The van der Waals surface area contributed by atoms with Crippen LogP contribution in [0.15, 0.2) is 60.5 Å². The predicted octanol–water partition coefficient (Wildman–Crippen LogP) is 4.08. The summed E-state index contributed by atoms with van der Waals surface area (Å²) in [4.78, 5) is 29.7. The van der Waals surface area contributed by atoms with Gasteiger partial charge in [0.05, 0.1) is 12.2 Å². The van der Waals surface area contributed by atoms with Gasteiger partial charge in [-0.1, -0.05) is 44.2 Å². The molecule has 2 amide bonds. The van der Waals surface area contributed by atoms with E-state index in [1.165, 1.54) is 0 Å². The maximum Gasteiger partial charge on any atom is 0.296 e. The second-order valence-corrected chi connectivity index (χ2v) is 7.82. The topological polar surface area (TPSA) is 82.6 Å². The fourth-order valence-electron chi connectivity index (χ4n) is 3.58. The summed E-state index contributed by atoms with van der Waals surface area (Å²) in [6.45, 7) is 4.91. The standard InChI is InChI=1S/C24H24N2O4/c1-15(2)14-30-18-9-7-16(8-10-18)21-22(27)24(29)26(23(21)28)12-11-17-13-25-20-6-4-3-5-19(17)20/h3-10,13,15,25,27H,11-12,14H2,1-2H3. The van der Waals surface area contributed by atoms with Crippen LogP contribution in [0.3, 0.4) is 0 Å². The number of rotatable bonds is 7. The lowest BCUT2D eigenvalue weighted by Gasteiger charge is -2.14. The van der Waals surface area contributed by atoms with Crippen LogP contribution in [0.2, 0.25) is 0 Å². The van der Waals surface area contributed by atoms with Crippen molar-refractivity contribution in [2.24, 2.45) is 5.92 Å². The van der Waals surface area contributed by atoms with E-state index in [0.717, 1.165) is 21.4 Å². The van der Waals surface area contributed by atoms with Gasteiger partial charge in [0.15, 0.2) is 5.76 Å². The van der Waals surface area contributed by atoms with E-state index in [1.807, 2.05) is 30.5 Å². The summed E-state index contributed by atoms with van der Waals surface area (Å²) < 4.78 is 5.65. The van der Waals surface area contributed by atoms with E-state index in [2.05, 4.69) is 18.8 Å². The Morgan fingerprint density at radius 3 is 2.50 bits per heavy atom. The molecule has 0 unspecified atom stereocenters. The van der Waals surface area contributed by atoms with Crippen molar-refractivity contribution in [1.82, 2.24) is 9.88 Å². The molecule has 1 aliphatic heterocycles. The second kappa shape index (κ2) is 8.06. The van der Waals surface area contributed by atoms with E-state index in [0.29, 0.717) is 30.3 Å². The van der Waals surface area contributed by atoms with E-state index in [4.69, 9.17) is 4.74 Å². The number of imide groups is 1. The first-order valence-corrected chi connectivity index (χ1v) is 10.0. The molecule has 3 aromatic rings. The zero-order chi connectivity index (χ0) is 21.3. The normalized spacial score (nSPS) is 14.4. The van der Waals surface area contributed by atoms with Gasteiger partial charge < -0.3 is 14.8 Å². The molecule has 1 aromatic heterocycles. The number of fused-ring (bicyclic) bond motifs is 1. The molecule has 1 aliphatic rings. The van der Waals surface area contributed by atoms with Gasteiger partial charge in [0.25, 0.3) is 11.8 Å². The van der Waals surface area contributed by atoms with Gasteiger partial charge in [-0.2, -0.15) is 0 Å². The zero-order valence-electron chi connectivity index (χ0n) is 17.0. The van der Waals surface area contributed by atoms with Gasteiger partial charge in [-0.3, -0.25) is 14.5 Å². The van der Waals surface area contributed by atoms with Crippen molar-refractivity contribution in [3.63, 3.8) is 0 Å². The van der Waals surface area contributed by atoms with E-state index < -0.39 is 17.6 Å². The Balaban J connectivity index is 1.48. The van der Waals surface area contributed by atoms with Gasteiger partial charge in [0.2, 0.25) is 0 Å². The number of aliphatic hydroxyl groups excluding tert-OH is 1. The van der Waals surface area contributed by atoms with Crippen LogP contribution in [0.25, 0.3) is 16.5 Å². The molecule has 30 heavy (non-hydrogen) atoms. The summed E-state index contributed by atoms with van der Waals surface area (Å²) in [7, 11) is 0. The Hall–Kier alpha value is -3.54. The van der Waals surface area contributed by atoms with Crippen molar-refractivity contribution in [3.8, 4) is 5.75 Å². The Bertz CT molecular complexity index is 1130. The molecule has 0 aliphatic carbocycles. The lowest BCUT2D eigenvalue weighted by atomic mass is 10.1. The Morgan fingerprint density at radius 2 is 1.77 bits per heavy atom. The molecule has 0 saturated heterocycles. The molecule has 0 atom stereocenters. The summed E-state index contributed by atoms with van der Waals surface area (Å²) in [5.74, 6) is -0.561. The minimum absolute atomic E-state index is 0.0364. The highest BCUT2D eigenvalue weighted by Crippen LogP contribution is 2.30. The number of hydrogen-bond donors (Lipinski definition) is 2. The summed E-state index contributed by atoms with van der Waals surface area (Å²) >= 11 is 0. The maximum atomic E-state index is 12.9. The van der Waals surface area contributed by atoms with Crippen molar-refractivity contribution in [2.75, 3.05) is 13.2 Å². The molecule has 4 rings (SSSR count). The van der Waals surface area contributed by atoms with Crippen molar-refractivity contribution in [1.29, 1.82) is 0 Å². The quantitative estimate of drug-likeness (QED) is 0.581. The fourth-order valence-corrected chi connectivity index (χ4v) is 3.58. The third-order valence-corrected chi connectivity index (χ3v) is 5.15. The minimum Gasteiger partial charge on any atom is -0.502 e. The van der Waals surface area contributed by atoms with Gasteiger partial charge >= 0.3 is 0 Å². The molecule has 0 bridgehead atoms. The average molecular weight is 404 g/mol. The van der Waals surface area contributed by atoms with Gasteiger partial charge in [-0.15, -0.1) is 0 Å².